The molecule has 0 aliphatic heterocycles. The molecule has 6 heteroatoms. The van der Waals surface area contributed by atoms with Crippen LogP contribution in [-0.2, 0) is 16.0 Å². The molecule has 0 atom stereocenters. The number of benzene rings is 1. The molecule has 0 bridgehead atoms. The van der Waals surface area contributed by atoms with Crippen LogP contribution in [0.4, 0.5) is 9.18 Å². The minimum atomic E-state index is -0.549. The summed E-state index contributed by atoms with van der Waals surface area (Å²) >= 11 is 0. The molecule has 23 heavy (non-hydrogen) atoms. The van der Waals surface area contributed by atoms with Gasteiger partial charge in [-0.05, 0) is 44.9 Å². The van der Waals surface area contributed by atoms with Crippen LogP contribution in [-0.4, -0.2) is 42.1 Å². The Balaban J connectivity index is 2.39. The van der Waals surface area contributed by atoms with E-state index in [-0.39, 0.29) is 11.7 Å². The summed E-state index contributed by atoms with van der Waals surface area (Å²) in [6, 6.07) is 6.20. The van der Waals surface area contributed by atoms with Crippen LogP contribution in [0.1, 0.15) is 33.3 Å². The fraction of sp³-hybridized carbons (Fsp3) is 0.529. The van der Waals surface area contributed by atoms with Gasteiger partial charge in [0.25, 0.3) is 0 Å². The van der Waals surface area contributed by atoms with Crippen molar-refractivity contribution in [2.24, 2.45) is 0 Å². The van der Waals surface area contributed by atoms with Gasteiger partial charge in [-0.3, -0.25) is 4.79 Å². The quantitative estimate of drug-likeness (QED) is 0.875. The van der Waals surface area contributed by atoms with Gasteiger partial charge in [0.15, 0.2) is 0 Å². The maximum atomic E-state index is 12.9. The smallest absolute Gasteiger partial charge is 0.407 e. The third-order valence-electron chi connectivity index (χ3n) is 3.08. The van der Waals surface area contributed by atoms with Crippen molar-refractivity contribution in [3.63, 3.8) is 0 Å². The Morgan fingerprint density at radius 1 is 1.17 bits per heavy atom. The maximum Gasteiger partial charge on any atom is 0.407 e. The Hall–Kier alpha value is -2.11. The van der Waals surface area contributed by atoms with Crippen molar-refractivity contribution in [2.75, 3.05) is 19.6 Å². The molecule has 1 aromatic rings. The lowest BCUT2D eigenvalue weighted by molar-refractivity contribution is -0.128. The second kappa shape index (κ2) is 8.50. The molecule has 1 rings (SSSR count). The van der Waals surface area contributed by atoms with Crippen molar-refractivity contribution in [1.82, 2.24) is 10.2 Å². The summed E-state index contributed by atoms with van der Waals surface area (Å²) in [6.07, 6.45) is 0.131. The van der Waals surface area contributed by atoms with Crippen LogP contribution in [0.25, 0.3) is 0 Å². The van der Waals surface area contributed by atoms with E-state index in [0.717, 1.165) is 5.56 Å². The average molecular weight is 324 g/mol. The lowest BCUT2D eigenvalue weighted by atomic mass is 10.1. The molecular weight excluding hydrogens is 299 g/mol. The highest BCUT2D eigenvalue weighted by Crippen LogP contribution is 2.07. The van der Waals surface area contributed by atoms with Crippen molar-refractivity contribution in [1.29, 1.82) is 0 Å². The van der Waals surface area contributed by atoms with Crippen molar-refractivity contribution in [2.45, 2.75) is 39.7 Å². The summed E-state index contributed by atoms with van der Waals surface area (Å²) < 4.78 is 18.0. The molecule has 0 aliphatic carbocycles. The summed E-state index contributed by atoms with van der Waals surface area (Å²) in [5, 5.41) is 2.63. The van der Waals surface area contributed by atoms with E-state index in [9.17, 15) is 14.0 Å². The monoisotopic (exact) mass is 324 g/mol. The molecule has 0 heterocycles. The molecule has 0 unspecified atom stereocenters. The first-order valence-corrected chi connectivity index (χ1v) is 7.64. The van der Waals surface area contributed by atoms with Gasteiger partial charge in [-0.25, -0.2) is 9.18 Å². The largest absolute Gasteiger partial charge is 0.444 e. The zero-order valence-corrected chi connectivity index (χ0v) is 14.2. The van der Waals surface area contributed by atoms with E-state index >= 15 is 0 Å². The van der Waals surface area contributed by atoms with Crippen molar-refractivity contribution < 1.29 is 18.7 Å². The molecule has 1 aromatic carbocycles. The normalized spacial score (nSPS) is 11.0. The van der Waals surface area contributed by atoms with E-state index < -0.39 is 11.7 Å². The van der Waals surface area contributed by atoms with Crippen LogP contribution in [0, 0.1) is 5.82 Å². The van der Waals surface area contributed by atoms with E-state index in [1.54, 1.807) is 37.8 Å². The number of ether oxygens (including phenoxy) is 1. The van der Waals surface area contributed by atoms with Gasteiger partial charge in [-0.1, -0.05) is 12.1 Å². The number of nitrogens with one attached hydrogen (secondary N) is 1. The van der Waals surface area contributed by atoms with Crippen LogP contribution in [0.15, 0.2) is 24.3 Å². The average Bonchev–Trinajstić information content (AvgIpc) is 2.42. The SMILES string of the molecule is CC(=O)N(CCNC(=O)OC(C)(C)C)CCc1ccc(F)cc1. The highest BCUT2D eigenvalue weighted by molar-refractivity contribution is 5.73. The second-order valence-electron chi connectivity index (χ2n) is 6.31. The minimum Gasteiger partial charge on any atom is -0.444 e. The Morgan fingerprint density at radius 2 is 1.78 bits per heavy atom. The molecule has 0 fully saturated rings. The van der Waals surface area contributed by atoms with Gasteiger partial charge in [0.2, 0.25) is 5.91 Å². The molecule has 0 aromatic heterocycles. The number of hydrogen-bond acceptors (Lipinski definition) is 3. The summed E-state index contributed by atoms with van der Waals surface area (Å²) in [5.41, 5.74) is 0.408. The highest BCUT2D eigenvalue weighted by Gasteiger charge is 2.16. The van der Waals surface area contributed by atoms with Gasteiger partial charge in [0.05, 0.1) is 0 Å². The zero-order chi connectivity index (χ0) is 17.5. The molecule has 128 valence electrons. The topological polar surface area (TPSA) is 58.6 Å². The van der Waals surface area contributed by atoms with E-state index in [4.69, 9.17) is 4.74 Å². The summed E-state index contributed by atoms with van der Waals surface area (Å²) in [6.45, 7) is 8.08. The Morgan fingerprint density at radius 3 is 2.30 bits per heavy atom. The van der Waals surface area contributed by atoms with E-state index in [2.05, 4.69) is 5.32 Å². The number of alkyl carbamates (subject to hydrolysis) is 1. The first-order chi connectivity index (χ1) is 10.7. The molecule has 0 spiro atoms. The maximum absolute atomic E-state index is 12.9. The van der Waals surface area contributed by atoms with Gasteiger partial charge < -0.3 is 15.0 Å². The van der Waals surface area contributed by atoms with Crippen LogP contribution in [0.5, 0.6) is 0 Å². The molecule has 0 aliphatic rings. The number of nitrogens with zero attached hydrogens (tertiary/aromatic N) is 1. The van der Waals surface area contributed by atoms with Crippen molar-refractivity contribution in [3.05, 3.63) is 35.6 Å². The number of carbonyl (C=O) groups excluding carboxylic acids is 2. The first-order valence-electron chi connectivity index (χ1n) is 7.64. The second-order valence-corrected chi connectivity index (χ2v) is 6.31. The molecule has 0 radical (unpaired) electrons. The Kier molecular flexibility index (Phi) is 7.00. The fourth-order valence-corrected chi connectivity index (χ4v) is 1.95. The standard InChI is InChI=1S/C17H25FN2O3/c1-13(21)20(11-9-14-5-7-15(18)8-6-14)12-10-19-16(22)23-17(2,3)4/h5-8H,9-12H2,1-4H3,(H,19,22). The van der Waals surface area contributed by atoms with E-state index in [1.807, 2.05) is 0 Å². The zero-order valence-electron chi connectivity index (χ0n) is 14.2. The molecule has 1 N–H and O–H groups in total. The molecule has 5 nitrogen and oxygen atoms in total. The van der Waals surface area contributed by atoms with Crippen LogP contribution in [0.2, 0.25) is 0 Å². The predicted octanol–water partition coefficient (Wildman–Crippen LogP) is 2.74. The number of carbonyl (C=O) groups is 2. The molecule has 0 saturated carbocycles. The van der Waals surface area contributed by atoms with Crippen molar-refractivity contribution in [3.8, 4) is 0 Å². The van der Waals surface area contributed by atoms with Gasteiger partial charge >= 0.3 is 6.09 Å². The fourth-order valence-electron chi connectivity index (χ4n) is 1.95. The predicted molar refractivity (Wildman–Crippen MR) is 86.6 cm³/mol. The lowest BCUT2D eigenvalue weighted by Gasteiger charge is -2.23. The first kappa shape index (κ1) is 18.9. The number of hydrogen-bond donors (Lipinski definition) is 1. The molecular formula is C17H25FN2O3. The Labute approximate surface area is 136 Å². The van der Waals surface area contributed by atoms with Gasteiger partial charge in [-0.15, -0.1) is 0 Å². The lowest BCUT2D eigenvalue weighted by Crippen LogP contribution is -2.40. The van der Waals surface area contributed by atoms with Gasteiger partial charge in [0.1, 0.15) is 11.4 Å². The summed E-state index contributed by atoms with van der Waals surface area (Å²) in [5.74, 6) is -0.350. The third-order valence-corrected chi connectivity index (χ3v) is 3.08. The summed E-state index contributed by atoms with van der Waals surface area (Å²) in [7, 11) is 0. The van der Waals surface area contributed by atoms with E-state index in [0.29, 0.717) is 26.1 Å². The number of rotatable bonds is 6. The Bertz CT molecular complexity index is 524. The number of amides is 2. The number of halogens is 1. The molecule has 0 saturated heterocycles. The van der Waals surface area contributed by atoms with Crippen LogP contribution in [0.3, 0.4) is 0 Å². The highest BCUT2D eigenvalue weighted by atomic mass is 19.1. The minimum absolute atomic E-state index is 0.0712. The molecule has 2 amide bonds. The van der Waals surface area contributed by atoms with Gasteiger partial charge in [0, 0.05) is 26.6 Å². The third kappa shape index (κ3) is 8.18. The van der Waals surface area contributed by atoms with Crippen LogP contribution < -0.4 is 5.32 Å². The van der Waals surface area contributed by atoms with E-state index in [1.165, 1.54) is 19.1 Å². The van der Waals surface area contributed by atoms with Crippen molar-refractivity contribution >= 4 is 12.0 Å². The van der Waals surface area contributed by atoms with Gasteiger partial charge in [-0.2, -0.15) is 0 Å². The van der Waals surface area contributed by atoms with Crippen LogP contribution >= 0.6 is 0 Å². The summed E-state index contributed by atoms with van der Waals surface area (Å²) in [4.78, 5) is 24.8.